The molecule has 0 unspecified atom stereocenters. The van der Waals surface area contributed by atoms with Gasteiger partial charge >= 0.3 is 5.97 Å². The van der Waals surface area contributed by atoms with E-state index < -0.39 is 5.97 Å². The van der Waals surface area contributed by atoms with Crippen LogP contribution in [0.4, 0.5) is 5.00 Å². The molecule has 1 fully saturated rings. The number of thiophene rings is 1. The summed E-state index contributed by atoms with van der Waals surface area (Å²) >= 11 is 1.33. The highest BCUT2D eigenvalue weighted by Crippen LogP contribution is 2.33. The van der Waals surface area contributed by atoms with Gasteiger partial charge in [-0.25, -0.2) is 4.79 Å². The molecule has 0 saturated heterocycles. The average Bonchev–Trinajstić information content (AvgIpc) is 2.83. The third-order valence-electron chi connectivity index (χ3n) is 5.27. The van der Waals surface area contributed by atoms with Crippen LogP contribution < -0.4 is 10.6 Å². The molecule has 1 aromatic rings. The number of hydrogen-bond acceptors (Lipinski definition) is 5. The molecule has 6 nitrogen and oxygen atoms in total. The van der Waals surface area contributed by atoms with Crippen molar-refractivity contribution in [2.75, 3.05) is 11.9 Å². The molecule has 1 saturated carbocycles. The monoisotopic (exact) mass is 380 g/mol. The summed E-state index contributed by atoms with van der Waals surface area (Å²) in [4.78, 5) is 36.9. The molecule has 144 valence electrons. The number of amides is 2. The van der Waals surface area contributed by atoms with E-state index in [0.717, 1.165) is 23.3 Å². The predicted molar refractivity (Wildman–Crippen MR) is 102 cm³/mol. The molecule has 2 amide bonds. The van der Waals surface area contributed by atoms with E-state index in [2.05, 4.69) is 24.5 Å². The molecule has 1 aromatic heterocycles. The summed E-state index contributed by atoms with van der Waals surface area (Å²) in [6.45, 7) is 9.11. The second-order valence-corrected chi connectivity index (χ2v) is 8.41. The lowest BCUT2D eigenvalue weighted by molar-refractivity contribution is -0.125. The Hall–Kier alpha value is -1.89. The molecule has 2 rings (SSSR count). The Morgan fingerprint density at radius 1 is 1.19 bits per heavy atom. The highest BCUT2D eigenvalue weighted by Gasteiger charge is 2.28. The smallest absolute Gasteiger partial charge is 0.341 e. The molecule has 1 aliphatic carbocycles. The molecule has 0 bridgehead atoms. The van der Waals surface area contributed by atoms with Crippen molar-refractivity contribution in [2.45, 2.75) is 59.9 Å². The molecule has 3 atom stereocenters. The fourth-order valence-corrected chi connectivity index (χ4v) is 4.45. The van der Waals surface area contributed by atoms with Gasteiger partial charge in [0.15, 0.2) is 6.61 Å². The zero-order valence-electron chi connectivity index (χ0n) is 16.1. The Morgan fingerprint density at radius 3 is 2.54 bits per heavy atom. The normalized spacial score (nSPS) is 22.6. The van der Waals surface area contributed by atoms with E-state index in [4.69, 9.17) is 4.74 Å². The molecule has 0 aliphatic heterocycles. The number of anilines is 1. The van der Waals surface area contributed by atoms with Crippen molar-refractivity contribution in [1.82, 2.24) is 5.32 Å². The summed E-state index contributed by atoms with van der Waals surface area (Å²) in [6.07, 6.45) is 3.25. The van der Waals surface area contributed by atoms with E-state index in [1.807, 2.05) is 6.92 Å². The quantitative estimate of drug-likeness (QED) is 0.767. The molecule has 1 heterocycles. The molecule has 0 aromatic carbocycles. The fourth-order valence-electron chi connectivity index (χ4n) is 3.36. The number of carbonyl (C=O) groups is 3. The summed E-state index contributed by atoms with van der Waals surface area (Å²) < 4.78 is 5.21. The lowest BCUT2D eigenvalue weighted by Gasteiger charge is -2.34. The van der Waals surface area contributed by atoms with Gasteiger partial charge in [-0.05, 0) is 37.7 Å². The van der Waals surface area contributed by atoms with Crippen LogP contribution >= 0.6 is 11.3 Å². The number of nitrogens with one attached hydrogen (secondary N) is 2. The maximum absolute atomic E-state index is 12.4. The van der Waals surface area contributed by atoms with Gasteiger partial charge in [-0.1, -0.05) is 26.7 Å². The largest absolute Gasteiger partial charge is 0.452 e. The van der Waals surface area contributed by atoms with E-state index in [1.165, 1.54) is 24.7 Å². The van der Waals surface area contributed by atoms with Crippen LogP contribution in [-0.4, -0.2) is 30.4 Å². The minimum atomic E-state index is -0.587. The number of carbonyl (C=O) groups excluding carboxylic acids is 3. The second kappa shape index (κ2) is 8.66. The van der Waals surface area contributed by atoms with Gasteiger partial charge in [0.1, 0.15) is 5.00 Å². The number of esters is 1. The van der Waals surface area contributed by atoms with Crippen LogP contribution in [0.15, 0.2) is 0 Å². The number of ether oxygens (including phenoxy) is 1. The molecule has 26 heavy (non-hydrogen) atoms. The van der Waals surface area contributed by atoms with Gasteiger partial charge in [-0.3, -0.25) is 9.59 Å². The van der Waals surface area contributed by atoms with Crippen LogP contribution in [0.3, 0.4) is 0 Å². The zero-order valence-corrected chi connectivity index (χ0v) is 16.9. The van der Waals surface area contributed by atoms with Crippen LogP contribution in [0.5, 0.6) is 0 Å². The Labute approximate surface area is 158 Å². The summed E-state index contributed by atoms with van der Waals surface area (Å²) in [5.74, 6) is -0.131. The molecule has 2 N–H and O–H groups in total. The lowest BCUT2D eigenvalue weighted by Crippen LogP contribution is -2.45. The molecule has 1 aliphatic rings. The standard InChI is InChI=1S/C19H28N2O4S/c1-10-7-6-8-15(11(10)2)21-16(23)9-25-19(24)17-12(3)13(4)26-18(17)20-14(5)22/h10-11,15H,6-9H2,1-5H3,(H,20,22)(H,21,23)/t10-,11-,15+/m0/s1. The van der Waals surface area contributed by atoms with E-state index in [0.29, 0.717) is 22.4 Å². The fraction of sp³-hybridized carbons (Fsp3) is 0.632. The van der Waals surface area contributed by atoms with Crippen molar-refractivity contribution in [2.24, 2.45) is 11.8 Å². The van der Waals surface area contributed by atoms with Crippen molar-refractivity contribution >= 4 is 34.1 Å². The molecule has 7 heteroatoms. The first-order chi connectivity index (χ1) is 12.2. The topological polar surface area (TPSA) is 84.5 Å². The van der Waals surface area contributed by atoms with Crippen LogP contribution in [0, 0.1) is 25.7 Å². The Kier molecular flexibility index (Phi) is 6.81. The molecular weight excluding hydrogens is 352 g/mol. The number of hydrogen-bond donors (Lipinski definition) is 2. The first kappa shape index (κ1) is 20.4. The number of rotatable bonds is 5. The van der Waals surface area contributed by atoms with E-state index in [1.54, 1.807) is 6.92 Å². The third kappa shape index (κ3) is 4.84. The van der Waals surface area contributed by atoms with E-state index in [-0.39, 0.29) is 24.5 Å². The summed E-state index contributed by atoms with van der Waals surface area (Å²) in [5, 5.41) is 6.11. The van der Waals surface area contributed by atoms with E-state index in [9.17, 15) is 14.4 Å². The summed E-state index contributed by atoms with van der Waals surface area (Å²) in [6, 6.07) is 0.130. The Balaban J connectivity index is 1.96. The van der Waals surface area contributed by atoms with Gasteiger partial charge in [0.05, 0.1) is 5.56 Å². The van der Waals surface area contributed by atoms with Gasteiger partial charge in [-0.2, -0.15) is 0 Å². The highest BCUT2D eigenvalue weighted by molar-refractivity contribution is 7.16. The van der Waals surface area contributed by atoms with Crippen LogP contribution in [-0.2, 0) is 14.3 Å². The highest BCUT2D eigenvalue weighted by atomic mass is 32.1. The average molecular weight is 381 g/mol. The second-order valence-electron chi connectivity index (χ2n) is 7.19. The van der Waals surface area contributed by atoms with Gasteiger partial charge in [0.25, 0.3) is 5.91 Å². The van der Waals surface area contributed by atoms with Crippen molar-refractivity contribution in [3.63, 3.8) is 0 Å². The lowest BCUT2D eigenvalue weighted by atomic mass is 9.78. The Morgan fingerprint density at radius 2 is 1.88 bits per heavy atom. The van der Waals surface area contributed by atoms with Gasteiger partial charge in [0.2, 0.25) is 5.91 Å². The zero-order chi connectivity index (χ0) is 19.4. The maximum Gasteiger partial charge on any atom is 0.341 e. The SMILES string of the molecule is CC(=O)Nc1sc(C)c(C)c1C(=O)OCC(=O)N[C@@H]1CCC[C@H](C)[C@@H]1C. The minimum Gasteiger partial charge on any atom is -0.452 e. The molecule has 0 spiro atoms. The number of aryl methyl sites for hydroxylation is 1. The van der Waals surface area contributed by atoms with Crippen LogP contribution in [0.2, 0.25) is 0 Å². The minimum absolute atomic E-state index is 0.130. The molecule has 0 radical (unpaired) electrons. The van der Waals surface area contributed by atoms with Crippen molar-refractivity contribution in [1.29, 1.82) is 0 Å². The Bertz CT molecular complexity index is 698. The van der Waals surface area contributed by atoms with Crippen LogP contribution in [0.25, 0.3) is 0 Å². The third-order valence-corrected chi connectivity index (χ3v) is 6.39. The first-order valence-electron chi connectivity index (χ1n) is 9.04. The van der Waals surface area contributed by atoms with Gasteiger partial charge < -0.3 is 15.4 Å². The van der Waals surface area contributed by atoms with Crippen molar-refractivity contribution in [3.05, 3.63) is 16.0 Å². The van der Waals surface area contributed by atoms with E-state index >= 15 is 0 Å². The van der Waals surface area contributed by atoms with Crippen molar-refractivity contribution in [3.8, 4) is 0 Å². The predicted octanol–water partition coefficient (Wildman–Crippen LogP) is 3.42. The molecular formula is C19H28N2O4S. The summed E-state index contributed by atoms with van der Waals surface area (Å²) in [7, 11) is 0. The summed E-state index contributed by atoms with van der Waals surface area (Å²) in [5.41, 5.74) is 1.09. The van der Waals surface area contributed by atoms with Crippen LogP contribution in [0.1, 0.15) is 60.8 Å². The van der Waals surface area contributed by atoms with Gasteiger partial charge in [-0.15, -0.1) is 11.3 Å². The maximum atomic E-state index is 12.4. The first-order valence-corrected chi connectivity index (χ1v) is 9.86. The van der Waals surface area contributed by atoms with Crippen molar-refractivity contribution < 1.29 is 19.1 Å². The van der Waals surface area contributed by atoms with Gasteiger partial charge in [0, 0.05) is 17.8 Å².